The van der Waals surface area contributed by atoms with Gasteiger partial charge in [0.2, 0.25) is 0 Å². The van der Waals surface area contributed by atoms with Gasteiger partial charge in [0, 0.05) is 29.9 Å². The van der Waals surface area contributed by atoms with Crippen molar-refractivity contribution in [2.75, 3.05) is 11.9 Å². The first-order valence-electron chi connectivity index (χ1n) is 5.60. The lowest BCUT2D eigenvalue weighted by Crippen LogP contribution is -2.05. The van der Waals surface area contributed by atoms with Crippen LogP contribution in [0.4, 0.5) is 5.69 Å². The molecule has 0 saturated carbocycles. The Morgan fingerprint density at radius 2 is 2.33 bits per heavy atom. The first kappa shape index (κ1) is 12.7. The van der Waals surface area contributed by atoms with Crippen molar-refractivity contribution >= 4 is 21.6 Å². The quantitative estimate of drug-likeness (QED) is 0.945. The van der Waals surface area contributed by atoms with Crippen molar-refractivity contribution in [2.45, 2.75) is 6.42 Å². The lowest BCUT2D eigenvalue weighted by atomic mass is 10.2. The highest BCUT2D eigenvalue weighted by Crippen LogP contribution is 2.23. The Hall–Kier alpha value is -1.80. The zero-order valence-electron chi connectivity index (χ0n) is 10.0. The molecule has 0 aliphatic heterocycles. The summed E-state index contributed by atoms with van der Waals surface area (Å²) in [6.45, 7) is 0.830. The summed E-state index contributed by atoms with van der Waals surface area (Å²) in [6, 6.07) is 7.63. The van der Waals surface area contributed by atoms with Crippen molar-refractivity contribution in [2.24, 2.45) is 7.05 Å². The van der Waals surface area contributed by atoms with Crippen molar-refractivity contribution in [3.05, 3.63) is 46.2 Å². The van der Waals surface area contributed by atoms with Crippen molar-refractivity contribution in [1.82, 2.24) is 9.78 Å². The summed E-state index contributed by atoms with van der Waals surface area (Å²) < 4.78 is 2.71. The molecule has 1 aromatic heterocycles. The maximum absolute atomic E-state index is 8.78. The number of nitrogens with one attached hydrogen (secondary N) is 1. The molecule has 0 unspecified atom stereocenters. The van der Waals surface area contributed by atoms with Crippen molar-refractivity contribution < 1.29 is 0 Å². The van der Waals surface area contributed by atoms with Gasteiger partial charge in [-0.3, -0.25) is 4.68 Å². The van der Waals surface area contributed by atoms with Gasteiger partial charge in [-0.1, -0.05) is 0 Å². The molecule has 0 fully saturated rings. The number of halogens is 1. The maximum Gasteiger partial charge on any atom is 0.0992 e. The van der Waals surface area contributed by atoms with Crippen molar-refractivity contribution in [3.63, 3.8) is 0 Å². The van der Waals surface area contributed by atoms with E-state index in [1.54, 1.807) is 10.7 Å². The van der Waals surface area contributed by atoms with E-state index in [1.807, 2.05) is 31.6 Å². The molecule has 0 amide bonds. The third kappa shape index (κ3) is 3.11. The van der Waals surface area contributed by atoms with Crippen molar-refractivity contribution in [3.8, 4) is 6.07 Å². The van der Waals surface area contributed by atoms with E-state index in [0.29, 0.717) is 5.56 Å². The van der Waals surface area contributed by atoms with Crippen LogP contribution in [0.3, 0.4) is 0 Å². The molecule has 1 aromatic carbocycles. The second kappa shape index (κ2) is 5.69. The highest BCUT2D eigenvalue weighted by molar-refractivity contribution is 9.10. The monoisotopic (exact) mass is 304 g/mol. The number of aryl methyl sites for hydroxylation is 1. The summed E-state index contributed by atoms with van der Waals surface area (Å²) in [6.07, 6.45) is 4.80. The van der Waals surface area contributed by atoms with E-state index >= 15 is 0 Å². The fourth-order valence-electron chi connectivity index (χ4n) is 1.67. The van der Waals surface area contributed by atoms with E-state index in [4.69, 9.17) is 5.26 Å². The number of aromatic nitrogens is 2. The van der Waals surface area contributed by atoms with Gasteiger partial charge in [-0.2, -0.15) is 10.4 Å². The first-order valence-corrected chi connectivity index (χ1v) is 6.39. The van der Waals surface area contributed by atoms with E-state index < -0.39 is 0 Å². The normalized spacial score (nSPS) is 10.1. The predicted octanol–water partition coefficient (Wildman–Crippen LogP) is 2.71. The Labute approximate surface area is 114 Å². The van der Waals surface area contributed by atoms with Crippen LogP contribution in [-0.4, -0.2) is 16.3 Å². The second-order valence-corrected chi connectivity index (χ2v) is 4.86. The van der Waals surface area contributed by atoms with Gasteiger partial charge < -0.3 is 5.32 Å². The molecule has 0 aliphatic rings. The Balaban J connectivity index is 1.92. The molecule has 1 heterocycles. The minimum atomic E-state index is 0.652. The molecule has 92 valence electrons. The molecule has 0 radical (unpaired) electrons. The Morgan fingerprint density at radius 1 is 1.50 bits per heavy atom. The average Bonchev–Trinajstić information content (AvgIpc) is 2.77. The molecule has 0 saturated heterocycles. The van der Waals surface area contributed by atoms with E-state index in [0.717, 1.165) is 23.1 Å². The van der Waals surface area contributed by atoms with E-state index in [-0.39, 0.29) is 0 Å². The summed E-state index contributed by atoms with van der Waals surface area (Å²) in [4.78, 5) is 0. The van der Waals surface area contributed by atoms with Gasteiger partial charge in [0.15, 0.2) is 0 Å². The van der Waals surface area contributed by atoms with E-state index in [1.165, 1.54) is 5.56 Å². The molecular weight excluding hydrogens is 292 g/mol. The molecule has 2 aromatic rings. The van der Waals surface area contributed by atoms with Crippen LogP contribution in [0.5, 0.6) is 0 Å². The first-order chi connectivity index (χ1) is 8.69. The predicted molar refractivity (Wildman–Crippen MR) is 74.3 cm³/mol. The lowest BCUT2D eigenvalue weighted by molar-refractivity contribution is 0.767. The van der Waals surface area contributed by atoms with Gasteiger partial charge >= 0.3 is 0 Å². The molecule has 1 N–H and O–H groups in total. The third-order valence-corrected chi connectivity index (χ3v) is 3.24. The summed E-state index contributed by atoms with van der Waals surface area (Å²) in [7, 11) is 1.91. The van der Waals surface area contributed by atoms with Gasteiger partial charge in [-0.25, -0.2) is 0 Å². The lowest BCUT2D eigenvalue weighted by Gasteiger charge is -2.07. The van der Waals surface area contributed by atoms with Gasteiger partial charge in [-0.05, 0) is 46.1 Å². The minimum absolute atomic E-state index is 0.652. The highest BCUT2D eigenvalue weighted by Gasteiger charge is 2.01. The largest absolute Gasteiger partial charge is 0.384 e. The minimum Gasteiger partial charge on any atom is -0.384 e. The van der Waals surface area contributed by atoms with Gasteiger partial charge in [0.05, 0.1) is 17.8 Å². The number of hydrogen-bond acceptors (Lipinski definition) is 3. The van der Waals surface area contributed by atoms with Crippen LogP contribution in [-0.2, 0) is 13.5 Å². The topological polar surface area (TPSA) is 53.6 Å². The maximum atomic E-state index is 8.78. The van der Waals surface area contributed by atoms with Crippen LogP contribution in [0.25, 0.3) is 0 Å². The number of benzene rings is 1. The summed E-state index contributed by atoms with van der Waals surface area (Å²) in [5.41, 5.74) is 2.85. The van der Waals surface area contributed by atoms with Crippen LogP contribution in [0, 0.1) is 11.3 Å². The Morgan fingerprint density at radius 3 is 2.94 bits per heavy atom. The molecule has 5 heteroatoms. The van der Waals surface area contributed by atoms with Gasteiger partial charge in [0.1, 0.15) is 0 Å². The van der Waals surface area contributed by atoms with Crippen LogP contribution < -0.4 is 5.32 Å². The number of anilines is 1. The summed E-state index contributed by atoms with van der Waals surface area (Å²) in [5, 5.41) is 16.2. The zero-order valence-corrected chi connectivity index (χ0v) is 11.6. The third-order valence-electron chi connectivity index (χ3n) is 2.59. The second-order valence-electron chi connectivity index (χ2n) is 4.01. The van der Waals surface area contributed by atoms with Gasteiger partial charge in [0.25, 0.3) is 0 Å². The molecule has 0 bridgehead atoms. The smallest absolute Gasteiger partial charge is 0.0992 e. The summed E-state index contributed by atoms with van der Waals surface area (Å²) >= 11 is 3.45. The van der Waals surface area contributed by atoms with Crippen LogP contribution in [0.1, 0.15) is 11.1 Å². The summed E-state index contributed by atoms with van der Waals surface area (Å²) in [5.74, 6) is 0. The Kier molecular flexibility index (Phi) is 4.00. The molecule has 0 aliphatic carbocycles. The number of nitrogens with zero attached hydrogens (tertiary/aromatic N) is 3. The standard InChI is InChI=1S/C13H13BrN4/c1-18-9-11(8-17-18)4-5-16-13-3-2-10(7-15)6-12(13)14/h2-3,6,8-9,16H,4-5H2,1H3. The van der Waals surface area contributed by atoms with Crippen molar-refractivity contribution in [1.29, 1.82) is 5.26 Å². The highest BCUT2D eigenvalue weighted by atomic mass is 79.9. The Bertz CT molecular complexity index is 583. The fourth-order valence-corrected chi connectivity index (χ4v) is 2.19. The van der Waals surface area contributed by atoms with Crippen LogP contribution in [0.15, 0.2) is 35.1 Å². The van der Waals surface area contributed by atoms with E-state index in [2.05, 4.69) is 32.4 Å². The number of rotatable bonds is 4. The number of nitriles is 1. The molecule has 4 nitrogen and oxygen atoms in total. The molecule has 0 spiro atoms. The SMILES string of the molecule is Cn1cc(CCNc2ccc(C#N)cc2Br)cn1. The zero-order chi connectivity index (χ0) is 13.0. The van der Waals surface area contributed by atoms with E-state index in [9.17, 15) is 0 Å². The number of hydrogen-bond donors (Lipinski definition) is 1. The van der Waals surface area contributed by atoms with Crippen LogP contribution >= 0.6 is 15.9 Å². The molecule has 18 heavy (non-hydrogen) atoms. The molecular formula is C13H13BrN4. The average molecular weight is 305 g/mol. The molecule has 2 rings (SSSR count). The van der Waals surface area contributed by atoms with Gasteiger partial charge in [-0.15, -0.1) is 0 Å². The molecule has 0 atom stereocenters. The fraction of sp³-hybridized carbons (Fsp3) is 0.231. The van der Waals surface area contributed by atoms with Crippen LogP contribution in [0.2, 0.25) is 0 Å².